The van der Waals surface area contributed by atoms with Crippen LogP contribution in [0.5, 0.6) is 0 Å². The number of aromatic nitrogens is 1. The number of thiazole rings is 1. The van der Waals surface area contributed by atoms with E-state index >= 15 is 0 Å². The smallest absolute Gasteiger partial charge is 0.280 e. The molecule has 6 heteroatoms. The maximum Gasteiger partial charge on any atom is 0.280 e. The van der Waals surface area contributed by atoms with E-state index in [4.69, 9.17) is 11.6 Å². The number of nitrogens with one attached hydrogen (secondary N) is 1. The zero-order chi connectivity index (χ0) is 17.6. The Balaban J connectivity index is 1.54. The molecule has 0 aliphatic carbocycles. The molecule has 2 bridgehead atoms. The molecule has 3 saturated heterocycles. The van der Waals surface area contributed by atoms with Crippen LogP contribution in [-0.4, -0.2) is 41.0 Å². The highest BCUT2D eigenvalue weighted by Gasteiger charge is 2.40. The fourth-order valence-corrected chi connectivity index (χ4v) is 5.31. The van der Waals surface area contributed by atoms with E-state index in [0.717, 1.165) is 29.2 Å². The van der Waals surface area contributed by atoms with E-state index in [1.165, 1.54) is 24.2 Å². The molecule has 3 aliphatic heterocycles. The molecule has 1 N–H and O–H groups in total. The first kappa shape index (κ1) is 17.0. The molecule has 3 aliphatic rings. The van der Waals surface area contributed by atoms with Gasteiger partial charge in [0, 0.05) is 17.1 Å². The Kier molecular flexibility index (Phi) is 4.56. The molecule has 3 fully saturated rings. The third-order valence-electron chi connectivity index (χ3n) is 5.55. The van der Waals surface area contributed by atoms with Gasteiger partial charge in [0.25, 0.3) is 5.91 Å². The van der Waals surface area contributed by atoms with E-state index in [1.807, 2.05) is 31.2 Å². The second-order valence-electron chi connectivity index (χ2n) is 7.06. The summed E-state index contributed by atoms with van der Waals surface area (Å²) in [6.45, 7) is 6.49. The van der Waals surface area contributed by atoms with Crippen molar-refractivity contribution in [2.24, 2.45) is 5.92 Å². The lowest BCUT2D eigenvalue weighted by molar-refractivity contribution is 0.0217. The minimum atomic E-state index is -0.0491. The molecule has 0 spiro atoms. The quantitative estimate of drug-likeness (QED) is 0.882. The molecule has 0 saturated carbocycles. The van der Waals surface area contributed by atoms with E-state index in [2.05, 4.69) is 22.1 Å². The van der Waals surface area contributed by atoms with Gasteiger partial charge in [0.1, 0.15) is 0 Å². The van der Waals surface area contributed by atoms with E-state index < -0.39 is 0 Å². The first-order valence-electron chi connectivity index (χ1n) is 8.81. The van der Waals surface area contributed by atoms with Crippen molar-refractivity contribution < 1.29 is 4.79 Å². The lowest BCUT2D eigenvalue weighted by atomic mass is 9.79. The van der Waals surface area contributed by atoms with Crippen molar-refractivity contribution >= 4 is 28.8 Å². The van der Waals surface area contributed by atoms with Crippen LogP contribution in [0.25, 0.3) is 10.4 Å². The maximum atomic E-state index is 12.8. The highest BCUT2D eigenvalue weighted by atomic mass is 35.5. The average Bonchev–Trinajstić information content (AvgIpc) is 3.00. The van der Waals surface area contributed by atoms with Crippen molar-refractivity contribution in [3.8, 4) is 10.4 Å². The SMILES string of the molecule is Cc1nc(C(=O)N[C@@H]2C3CCN(CC3)[C@H]2C)sc1-c1cccc(Cl)c1. The van der Waals surface area contributed by atoms with Crippen molar-refractivity contribution in [2.75, 3.05) is 13.1 Å². The summed E-state index contributed by atoms with van der Waals surface area (Å²) in [5.41, 5.74) is 1.89. The first-order valence-corrected chi connectivity index (χ1v) is 10.0. The van der Waals surface area contributed by atoms with Gasteiger partial charge in [-0.1, -0.05) is 23.7 Å². The Hall–Kier alpha value is -1.43. The van der Waals surface area contributed by atoms with Crippen molar-refractivity contribution in [1.29, 1.82) is 0 Å². The highest BCUT2D eigenvalue weighted by molar-refractivity contribution is 7.17. The number of carbonyl (C=O) groups excluding carboxylic acids is 1. The Morgan fingerprint density at radius 1 is 1.36 bits per heavy atom. The Morgan fingerprint density at radius 2 is 2.12 bits per heavy atom. The van der Waals surface area contributed by atoms with Crippen LogP contribution in [0.1, 0.15) is 35.3 Å². The van der Waals surface area contributed by atoms with Crippen LogP contribution in [0.15, 0.2) is 24.3 Å². The normalized spacial score (nSPS) is 28.1. The standard InChI is InChI=1S/C19H22ClN3OS/c1-11-17(14-4-3-5-15(20)10-14)25-19(21-11)18(24)22-16-12(2)23-8-6-13(16)7-9-23/h3-5,10,12-13,16H,6-9H2,1-2H3,(H,22,24)/t12-,16-/m0/s1. The van der Waals surface area contributed by atoms with Crippen LogP contribution in [-0.2, 0) is 0 Å². The summed E-state index contributed by atoms with van der Waals surface area (Å²) in [4.78, 5) is 20.8. The molecule has 5 rings (SSSR count). The molecule has 2 atom stereocenters. The molecule has 132 valence electrons. The van der Waals surface area contributed by atoms with E-state index in [1.54, 1.807) is 0 Å². The van der Waals surface area contributed by atoms with Crippen LogP contribution in [0.2, 0.25) is 5.02 Å². The number of aryl methyl sites for hydroxylation is 1. The predicted octanol–water partition coefficient (Wildman–Crippen LogP) is 3.98. The van der Waals surface area contributed by atoms with Crippen LogP contribution in [0.4, 0.5) is 0 Å². The van der Waals surface area contributed by atoms with E-state index in [9.17, 15) is 4.79 Å². The minimum Gasteiger partial charge on any atom is -0.345 e. The van der Waals surface area contributed by atoms with Crippen molar-refractivity contribution in [1.82, 2.24) is 15.2 Å². The Morgan fingerprint density at radius 3 is 2.80 bits per heavy atom. The molecule has 4 heterocycles. The largest absolute Gasteiger partial charge is 0.345 e. The van der Waals surface area contributed by atoms with Crippen molar-refractivity contribution in [3.63, 3.8) is 0 Å². The Bertz CT molecular complexity index is 796. The molecule has 1 amide bonds. The molecule has 1 aromatic carbocycles. The lowest BCUT2D eigenvalue weighted by Gasteiger charge is -2.49. The van der Waals surface area contributed by atoms with Crippen LogP contribution >= 0.6 is 22.9 Å². The van der Waals surface area contributed by atoms with Gasteiger partial charge in [-0.3, -0.25) is 9.69 Å². The number of hydrogen-bond acceptors (Lipinski definition) is 4. The summed E-state index contributed by atoms with van der Waals surface area (Å²) in [6, 6.07) is 8.33. The van der Waals surface area contributed by atoms with Gasteiger partial charge in [-0.15, -0.1) is 11.3 Å². The number of amides is 1. The summed E-state index contributed by atoms with van der Waals surface area (Å²) in [6.07, 6.45) is 2.36. The van der Waals surface area contributed by atoms with Crippen LogP contribution in [0.3, 0.4) is 0 Å². The highest BCUT2D eigenvalue weighted by Crippen LogP contribution is 2.34. The number of carbonyl (C=O) groups is 1. The third kappa shape index (κ3) is 3.21. The topological polar surface area (TPSA) is 45.2 Å². The third-order valence-corrected chi connectivity index (χ3v) is 6.99. The minimum absolute atomic E-state index is 0.0491. The summed E-state index contributed by atoms with van der Waals surface area (Å²) in [7, 11) is 0. The number of rotatable bonds is 3. The predicted molar refractivity (Wildman–Crippen MR) is 102 cm³/mol. The maximum absolute atomic E-state index is 12.8. The summed E-state index contributed by atoms with van der Waals surface area (Å²) < 4.78 is 0. The van der Waals surface area contributed by atoms with Gasteiger partial charge in [-0.05, 0) is 63.4 Å². The number of piperidine rings is 3. The summed E-state index contributed by atoms with van der Waals surface area (Å²) in [5.74, 6) is 0.546. The van der Waals surface area contributed by atoms with Gasteiger partial charge in [0.05, 0.1) is 10.6 Å². The van der Waals surface area contributed by atoms with Gasteiger partial charge < -0.3 is 5.32 Å². The van der Waals surface area contributed by atoms with Crippen LogP contribution < -0.4 is 5.32 Å². The monoisotopic (exact) mass is 375 g/mol. The molecule has 4 nitrogen and oxygen atoms in total. The fraction of sp³-hybridized carbons (Fsp3) is 0.474. The second kappa shape index (κ2) is 6.71. The fourth-order valence-electron chi connectivity index (χ4n) is 4.15. The van der Waals surface area contributed by atoms with Crippen molar-refractivity contribution in [2.45, 2.75) is 38.8 Å². The second-order valence-corrected chi connectivity index (χ2v) is 8.49. The zero-order valence-electron chi connectivity index (χ0n) is 14.5. The van der Waals surface area contributed by atoms with Gasteiger partial charge >= 0.3 is 0 Å². The summed E-state index contributed by atoms with van der Waals surface area (Å²) >= 11 is 7.54. The van der Waals surface area contributed by atoms with Gasteiger partial charge in [0.15, 0.2) is 5.01 Å². The molecule has 25 heavy (non-hydrogen) atoms. The lowest BCUT2D eigenvalue weighted by Crippen LogP contribution is -2.62. The van der Waals surface area contributed by atoms with Gasteiger partial charge in [-0.25, -0.2) is 4.98 Å². The number of benzene rings is 1. The molecular formula is C19H22ClN3OS. The molecule has 1 aromatic heterocycles. The first-order chi connectivity index (χ1) is 12.0. The molecular weight excluding hydrogens is 354 g/mol. The number of hydrogen-bond donors (Lipinski definition) is 1. The molecule has 0 unspecified atom stereocenters. The average molecular weight is 376 g/mol. The Labute approximate surface area is 157 Å². The van der Waals surface area contributed by atoms with Crippen LogP contribution in [0, 0.1) is 12.8 Å². The number of halogens is 1. The van der Waals surface area contributed by atoms with Crippen molar-refractivity contribution in [3.05, 3.63) is 40.0 Å². The van der Waals surface area contributed by atoms with Gasteiger partial charge in [-0.2, -0.15) is 0 Å². The molecule has 2 aromatic rings. The van der Waals surface area contributed by atoms with Gasteiger partial charge in [0.2, 0.25) is 0 Å². The molecule has 0 radical (unpaired) electrons. The number of fused-ring (bicyclic) bond motifs is 3. The van der Waals surface area contributed by atoms with E-state index in [0.29, 0.717) is 22.0 Å². The zero-order valence-corrected chi connectivity index (χ0v) is 16.0. The summed E-state index contributed by atoms with van der Waals surface area (Å²) in [5, 5.41) is 4.49. The number of nitrogens with zero attached hydrogens (tertiary/aromatic N) is 2. The van der Waals surface area contributed by atoms with E-state index in [-0.39, 0.29) is 11.9 Å².